The molecule has 21 heavy (non-hydrogen) atoms. The zero-order valence-electron chi connectivity index (χ0n) is 11.4. The standard InChI is InChI=1S/C13H16FN3O4/c1-10(7-14)17(9-15-12(18)19)16-13(20)21-8-11-5-3-2-4-6-11/h2-6,9-10H,7-8H2,1H3,(H,16,20)(H,18,19). The van der Waals surface area contributed by atoms with Crippen LogP contribution in [0.5, 0.6) is 0 Å². The van der Waals surface area contributed by atoms with Crippen molar-refractivity contribution in [2.45, 2.75) is 19.6 Å². The summed E-state index contributed by atoms with van der Waals surface area (Å²) in [4.78, 5) is 25.0. The second kappa shape index (κ2) is 8.51. The van der Waals surface area contributed by atoms with Gasteiger partial charge in [0.15, 0.2) is 0 Å². The van der Waals surface area contributed by atoms with Crippen LogP contribution in [0.4, 0.5) is 14.0 Å². The van der Waals surface area contributed by atoms with Gasteiger partial charge in [-0.15, -0.1) is 0 Å². The van der Waals surface area contributed by atoms with Crippen molar-refractivity contribution in [1.82, 2.24) is 10.4 Å². The van der Waals surface area contributed by atoms with Crippen molar-refractivity contribution in [3.8, 4) is 0 Å². The molecule has 1 aromatic carbocycles. The fourth-order valence-corrected chi connectivity index (χ4v) is 1.30. The normalized spacial score (nSPS) is 11.9. The summed E-state index contributed by atoms with van der Waals surface area (Å²) in [5.41, 5.74) is 3.00. The second-order valence-electron chi connectivity index (χ2n) is 4.11. The maximum absolute atomic E-state index is 12.6. The molecule has 1 rings (SSSR count). The molecule has 0 aliphatic rings. The number of ether oxygens (including phenoxy) is 1. The van der Waals surface area contributed by atoms with Gasteiger partial charge in [-0.1, -0.05) is 30.3 Å². The number of hydrogen-bond donors (Lipinski definition) is 2. The number of amides is 2. The van der Waals surface area contributed by atoms with Crippen LogP contribution in [0.1, 0.15) is 12.5 Å². The maximum atomic E-state index is 12.6. The number of aliphatic imine (C=N–C) groups is 1. The molecule has 0 aromatic heterocycles. The number of carbonyl (C=O) groups is 2. The first kappa shape index (κ1) is 16.4. The Morgan fingerprint density at radius 3 is 2.71 bits per heavy atom. The average Bonchev–Trinajstić information content (AvgIpc) is 2.49. The SMILES string of the molecule is CC(CF)N(C=NC(=O)O)NC(=O)OCc1ccccc1. The minimum Gasteiger partial charge on any atom is -0.463 e. The van der Waals surface area contributed by atoms with E-state index in [1.165, 1.54) is 6.92 Å². The second-order valence-corrected chi connectivity index (χ2v) is 4.11. The summed E-state index contributed by atoms with van der Waals surface area (Å²) < 4.78 is 17.6. The molecule has 0 spiro atoms. The monoisotopic (exact) mass is 297 g/mol. The molecule has 0 aliphatic heterocycles. The van der Waals surface area contributed by atoms with E-state index in [1.54, 1.807) is 24.3 Å². The minimum atomic E-state index is -1.45. The van der Waals surface area contributed by atoms with E-state index in [1.807, 2.05) is 6.07 Å². The third-order valence-electron chi connectivity index (χ3n) is 2.42. The van der Waals surface area contributed by atoms with Crippen LogP contribution in [0.15, 0.2) is 35.3 Å². The number of carbonyl (C=O) groups excluding carboxylic acids is 1. The Kier molecular flexibility index (Phi) is 6.66. The molecular weight excluding hydrogens is 281 g/mol. The highest BCUT2D eigenvalue weighted by atomic mass is 19.1. The number of hydrogen-bond acceptors (Lipinski definition) is 3. The molecule has 1 aromatic rings. The van der Waals surface area contributed by atoms with Crippen LogP contribution in [0.3, 0.4) is 0 Å². The highest BCUT2D eigenvalue weighted by Crippen LogP contribution is 2.01. The Labute approximate surface area is 121 Å². The highest BCUT2D eigenvalue weighted by molar-refractivity contribution is 5.78. The molecule has 7 nitrogen and oxygen atoms in total. The van der Waals surface area contributed by atoms with Crippen LogP contribution in [0.25, 0.3) is 0 Å². The molecule has 0 aliphatic carbocycles. The van der Waals surface area contributed by atoms with E-state index in [0.717, 1.165) is 16.9 Å². The lowest BCUT2D eigenvalue weighted by Crippen LogP contribution is -2.47. The van der Waals surface area contributed by atoms with Gasteiger partial charge in [0, 0.05) is 0 Å². The molecule has 0 saturated carbocycles. The van der Waals surface area contributed by atoms with E-state index in [-0.39, 0.29) is 6.61 Å². The van der Waals surface area contributed by atoms with Crippen molar-refractivity contribution in [2.24, 2.45) is 4.99 Å². The molecule has 0 heterocycles. The van der Waals surface area contributed by atoms with Crippen LogP contribution in [-0.4, -0.2) is 41.4 Å². The lowest BCUT2D eigenvalue weighted by molar-refractivity contribution is 0.109. The minimum absolute atomic E-state index is 0.0423. The van der Waals surface area contributed by atoms with Crippen molar-refractivity contribution in [1.29, 1.82) is 0 Å². The first-order chi connectivity index (χ1) is 10.0. The number of benzene rings is 1. The largest absolute Gasteiger partial charge is 0.463 e. The van der Waals surface area contributed by atoms with Gasteiger partial charge in [0.25, 0.3) is 0 Å². The predicted molar refractivity (Wildman–Crippen MR) is 73.6 cm³/mol. The lowest BCUT2D eigenvalue weighted by Gasteiger charge is -2.24. The number of hydrazine groups is 1. The topological polar surface area (TPSA) is 91.2 Å². The third-order valence-corrected chi connectivity index (χ3v) is 2.42. The Morgan fingerprint density at radius 2 is 2.14 bits per heavy atom. The first-order valence-corrected chi connectivity index (χ1v) is 6.11. The van der Waals surface area contributed by atoms with Gasteiger partial charge < -0.3 is 9.84 Å². The van der Waals surface area contributed by atoms with Crippen molar-refractivity contribution in [3.63, 3.8) is 0 Å². The molecule has 8 heteroatoms. The molecule has 0 bridgehead atoms. The summed E-state index contributed by atoms with van der Waals surface area (Å²) in [5.74, 6) is 0. The molecule has 1 unspecified atom stereocenters. The number of nitrogens with zero attached hydrogens (tertiary/aromatic N) is 2. The highest BCUT2D eigenvalue weighted by Gasteiger charge is 2.14. The van der Waals surface area contributed by atoms with Gasteiger partial charge in [-0.25, -0.2) is 19.4 Å². The summed E-state index contributed by atoms with van der Waals surface area (Å²) in [5, 5.41) is 9.37. The van der Waals surface area contributed by atoms with E-state index in [4.69, 9.17) is 9.84 Å². The van der Waals surface area contributed by atoms with E-state index >= 15 is 0 Å². The molecular formula is C13H16FN3O4. The van der Waals surface area contributed by atoms with E-state index in [2.05, 4.69) is 10.4 Å². The van der Waals surface area contributed by atoms with Crippen LogP contribution in [0.2, 0.25) is 0 Å². The van der Waals surface area contributed by atoms with Gasteiger partial charge in [-0.3, -0.25) is 5.01 Å². The summed E-state index contributed by atoms with van der Waals surface area (Å²) in [7, 11) is 0. The Bertz CT molecular complexity index is 495. The quantitative estimate of drug-likeness (QED) is 0.477. The molecule has 114 valence electrons. The van der Waals surface area contributed by atoms with Crippen molar-refractivity contribution in [2.75, 3.05) is 6.67 Å². The summed E-state index contributed by atoms with van der Waals surface area (Å²) in [6.07, 6.45) is -1.47. The Hall–Kier alpha value is -2.64. The number of alkyl halides is 1. The number of rotatable bonds is 6. The van der Waals surface area contributed by atoms with Gasteiger partial charge in [-0.05, 0) is 12.5 Å². The zero-order valence-corrected chi connectivity index (χ0v) is 11.4. The maximum Gasteiger partial charge on any atom is 0.432 e. The third kappa shape index (κ3) is 6.37. The van der Waals surface area contributed by atoms with Crippen molar-refractivity contribution >= 4 is 18.5 Å². The average molecular weight is 297 g/mol. The molecule has 1 atom stereocenters. The first-order valence-electron chi connectivity index (χ1n) is 6.11. The van der Waals surface area contributed by atoms with Crippen LogP contribution < -0.4 is 5.43 Å². The fraction of sp³-hybridized carbons (Fsp3) is 0.308. The van der Waals surface area contributed by atoms with Gasteiger partial charge in [0.2, 0.25) is 0 Å². The Balaban J connectivity index is 2.53. The Morgan fingerprint density at radius 1 is 1.48 bits per heavy atom. The van der Waals surface area contributed by atoms with Crippen molar-refractivity contribution < 1.29 is 23.8 Å². The summed E-state index contributed by atoms with van der Waals surface area (Å²) >= 11 is 0. The van der Waals surface area contributed by atoms with Crippen molar-refractivity contribution in [3.05, 3.63) is 35.9 Å². The molecule has 0 saturated heterocycles. The van der Waals surface area contributed by atoms with Gasteiger partial charge in [0.05, 0.1) is 6.04 Å². The zero-order chi connectivity index (χ0) is 15.7. The smallest absolute Gasteiger partial charge is 0.432 e. The molecule has 0 radical (unpaired) electrons. The van der Waals surface area contributed by atoms with E-state index in [0.29, 0.717) is 0 Å². The van der Waals surface area contributed by atoms with Crippen LogP contribution >= 0.6 is 0 Å². The summed E-state index contributed by atoms with van der Waals surface area (Å²) in [6.45, 7) is 0.691. The van der Waals surface area contributed by atoms with Gasteiger partial charge in [0.1, 0.15) is 19.6 Å². The fourth-order valence-electron chi connectivity index (χ4n) is 1.30. The lowest BCUT2D eigenvalue weighted by atomic mass is 10.2. The predicted octanol–water partition coefficient (Wildman–Crippen LogP) is 2.19. The number of nitrogens with one attached hydrogen (secondary N) is 1. The number of halogens is 1. The molecule has 2 amide bonds. The van der Waals surface area contributed by atoms with E-state index < -0.39 is 24.9 Å². The van der Waals surface area contributed by atoms with Crippen LogP contribution in [0, 0.1) is 0 Å². The number of carboxylic acid groups (broad SMARTS) is 1. The summed E-state index contributed by atoms with van der Waals surface area (Å²) in [6, 6.07) is 8.21. The van der Waals surface area contributed by atoms with Gasteiger partial charge in [-0.2, -0.15) is 4.99 Å². The van der Waals surface area contributed by atoms with E-state index in [9.17, 15) is 14.0 Å². The molecule has 2 N–H and O–H groups in total. The molecule has 0 fully saturated rings. The van der Waals surface area contributed by atoms with Gasteiger partial charge >= 0.3 is 12.2 Å². The van der Waals surface area contributed by atoms with Crippen LogP contribution in [-0.2, 0) is 11.3 Å².